The van der Waals surface area contributed by atoms with Crippen LogP contribution in [0.1, 0.15) is 12.8 Å². The summed E-state index contributed by atoms with van der Waals surface area (Å²) in [6.45, 7) is 0.722. The molecule has 2 fully saturated rings. The first-order valence-electron chi connectivity index (χ1n) is 7.36. The summed E-state index contributed by atoms with van der Waals surface area (Å²) >= 11 is 0. The van der Waals surface area contributed by atoms with Crippen LogP contribution in [0.25, 0.3) is 0 Å². The van der Waals surface area contributed by atoms with Crippen molar-refractivity contribution in [2.45, 2.75) is 28.7 Å². The zero-order valence-electron chi connectivity index (χ0n) is 13.1. The molecule has 0 spiro atoms. The van der Waals surface area contributed by atoms with E-state index in [1.165, 1.54) is 4.31 Å². The van der Waals surface area contributed by atoms with Gasteiger partial charge in [0, 0.05) is 25.4 Å². The van der Waals surface area contributed by atoms with Crippen molar-refractivity contribution in [3.63, 3.8) is 0 Å². The number of rotatable bonds is 3. The fourth-order valence-electron chi connectivity index (χ4n) is 3.55. The highest BCUT2D eigenvalue weighted by atomic mass is 35.5. The van der Waals surface area contributed by atoms with Gasteiger partial charge in [0.15, 0.2) is 9.84 Å². The van der Waals surface area contributed by atoms with E-state index in [1.54, 1.807) is 0 Å². The van der Waals surface area contributed by atoms with Crippen LogP contribution < -0.4 is 5.73 Å². The Balaban J connectivity index is 0.00000208. The molecule has 1 aliphatic carbocycles. The minimum absolute atomic E-state index is 0. The van der Waals surface area contributed by atoms with Gasteiger partial charge in [0.05, 0.1) is 4.90 Å². The summed E-state index contributed by atoms with van der Waals surface area (Å²) in [7, 11) is -7.58. The Morgan fingerprint density at radius 1 is 1.17 bits per heavy atom. The van der Waals surface area contributed by atoms with Gasteiger partial charge in [-0.25, -0.2) is 21.2 Å². The van der Waals surface area contributed by atoms with Crippen molar-refractivity contribution in [2.24, 2.45) is 17.6 Å². The Labute approximate surface area is 147 Å². The average Bonchev–Trinajstić information content (AvgIpc) is 3.00. The molecule has 1 saturated carbocycles. The van der Waals surface area contributed by atoms with Gasteiger partial charge in [0.2, 0.25) is 10.0 Å². The first kappa shape index (κ1) is 19.6. The summed E-state index contributed by atoms with van der Waals surface area (Å²) in [6.07, 6.45) is 2.68. The van der Waals surface area contributed by atoms with Gasteiger partial charge < -0.3 is 5.73 Å². The first-order valence-corrected chi connectivity index (χ1v) is 10.7. The lowest BCUT2D eigenvalue weighted by atomic mass is 9.98. The fourth-order valence-corrected chi connectivity index (χ4v) is 5.83. The van der Waals surface area contributed by atoms with Gasteiger partial charge in [-0.15, -0.1) is 12.4 Å². The lowest BCUT2D eigenvalue weighted by Gasteiger charge is -2.19. The molecule has 1 aromatic rings. The molecule has 1 aliphatic heterocycles. The van der Waals surface area contributed by atoms with E-state index >= 15 is 0 Å². The van der Waals surface area contributed by atoms with Gasteiger partial charge in [-0.3, -0.25) is 0 Å². The monoisotopic (exact) mass is 398 g/mol. The summed E-state index contributed by atoms with van der Waals surface area (Å²) in [5.41, 5.74) is 6.01. The number of fused-ring (bicyclic) bond motifs is 1. The molecule has 3 unspecified atom stereocenters. The van der Waals surface area contributed by atoms with Crippen LogP contribution in [0.5, 0.6) is 0 Å². The maximum absolute atomic E-state index is 14.0. The molecule has 1 aromatic carbocycles. The van der Waals surface area contributed by atoms with Gasteiger partial charge in [0.1, 0.15) is 10.7 Å². The SMILES string of the molecule is CS(=O)(=O)c1ccc(S(=O)(=O)N2CC3CCC(N)C3C2)cc1F.Cl. The third kappa shape index (κ3) is 3.32. The minimum atomic E-state index is -3.85. The normalized spacial score (nSPS) is 27.7. The van der Waals surface area contributed by atoms with Gasteiger partial charge in [-0.05, 0) is 42.9 Å². The second kappa shape index (κ2) is 6.53. The van der Waals surface area contributed by atoms with Gasteiger partial charge in [-0.2, -0.15) is 4.31 Å². The lowest BCUT2D eigenvalue weighted by molar-refractivity contribution is 0.426. The van der Waals surface area contributed by atoms with E-state index in [4.69, 9.17) is 5.73 Å². The maximum Gasteiger partial charge on any atom is 0.243 e. The topological polar surface area (TPSA) is 97.5 Å². The highest BCUT2D eigenvalue weighted by Gasteiger charge is 2.45. The standard InChI is InChI=1S/C14H19FN2O4S2.ClH/c1-22(18,19)14-5-3-10(6-12(14)15)23(20,21)17-7-9-2-4-13(16)11(9)8-17;/h3,5-6,9,11,13H,2,4,7-8,16H2,1H3;1H. The summed E-state index contributed by atoms with van der Waals surface area (Å²) < 4.78 is 63.5. The van der Waals surface area contributed by atoms with E-state index in [9.17, 15) is 21.2 Å². The summed E-state index contributed by atoms with van der Waals surface area (Å²) in [5.74, 6) is -0.658. The van der Waals surface area contributed by atoms with Crippen LogP contribution in [0.3, 0.4) is 0 Å². The van der Waals surface area contributed by atoms with E-state index in [2.05, 4.69) is 0 Å². The Bertz CT molecular complexity index is 844. The Morgan fingerprint density at radius 3 is 2.38 bits per heavy atom. The van der Waals surface area contributed by atoms with Crippen LogP contribution in [0.4, 0.5) is 4.39 Å². The van der Waals surface area contributed by atoms with Crippen LogP contribution in [-0.2, 0) is 19.9 Å². The minimum Gasteiger partial charge on any atom is -0.327 e. The molecule has 0 radical (unpaired) electrons. The fraction of sp³-hybridized carbons (Fsp3) is 0.571. The van der Waals surface area contributed by atoms with Crippen molar-refractivity contribution in [1.82, 2.24) is 4.31 Å². The molecule has 136 valence electrons. The van der Waals surface area contributed by atoms with E-state index in [1.807, 2.05) is 0 Å². The third-order valence-corrected chi connectivity index (χ3v) is 7.78. The summed E-state index contributed by atoms with van der Waals surface area (Å²) in [5, 5.41) is 0. The summed E-state index contributed by atoms with van der Waals surface area (Å²) in [4.78, 5) is -0.729. The molecule has 2 N–H and O–H groups in total. The van der Waals surface area contributed by atoms with Gasteiger partial charge in [0.25, 0.3) is 0 Å². The number of benzene rings is 1. The molecule has 6 nitrogen and oxygen atoms in total. The number of sulfone groups is 1. The zero-order chi connectivity index (χ0) is 17.0. The first-order chi connectivity index (χ1) is 10.6. The van der Waals surface area contributed by atoms with E-state index in [0.717, 1.165) is 37.3 Å². The molecule has 3 atom stereocenters. The van der Waals surface area contributed by atoms with Gasteiger partial charge >= 0.3 is 0 Å². The average molecular weight is 399 g/mol. The number of nitrogens with zero attached hydrogens (tertiary/aromatic N) is 1. The van der Waals surface area contributed by atoms with Crippen molar-refractivity contribution in [1.29, 1.82) is 0 Å². The van der Waals surface area contributed by atoms with Crippen molar-refractivity contribution >= 4 is 32.3 Å². The molecular formula is C14H20ClFN2O4S2. The molecule has 24 heavy (non-hydrogen) atoms. The largest absolute Gasteiger partial charge is 0.327 e. The second-order valence-electron chi connectivity index (χ2n) is 6.35. The predicted molar refractivity (Wildman–Crippen MR) is 89.7 cm³/mol. The third-order valence-electron chi connectivity index (χ3n) is 4.82. The highest BCUT2D eigenvalue weighted by molar-refractivity contribution is 7.90. The van der Waals surface area contributed by atoms with Crippen LogP contribution in [0.15, 0.2) is 28.0 Å². The van der Waals surface area contributed by atoms with Crippen LogP contribution in [0, 0.1) is 17.7 Å². The van der Waals surface area contributed by atoms with Crippen LogP contribution >= 0.6 is 12.4 Å². The molecule has 3 rings (SSSR count). The van der Waals surface area contributed by atoms with Crippen LogP contribution in [0.2, 0.25) is 0 Å². The molecule has 1 heterocycles. The zero-order valence-corrected chi connectivity index (χ0v) is 15.5. The van der Waals surface area contributed by atoms with Crippen molar-refractivity contribution < 1.29 is 21.2 Å². The van der Waals surface area contributed by atoms with E-state index < -0.39 is 30.6 Å². The number of halogens is 2. The van der Waals surface area contributed by atoms with Crippen molar-refractivity contribution in [3.8, 4) is 0 Å². The molecule has 0 aromatic heterocycles. The van der Waals surface area contributed by atoms with Gasteiger partial charge in [-0.1, -0.05) is 0 Å². The molecule has 0 amide bonds. The lowest BCUT2D eigenvalue weighted by Crippen LogP contribution is -2.33. The quantitative estimate of drug-likeness (QED) is 0.819. The van der Waals surface area contributed by atoms with Crippen molar-refractivity contribution in [2.75, 3.05) is 19.3 Å². The molecule has 0 bridgehead atoms. The number of hydrogen-bond donors (Lipinski definition) is 1. The smallest absolute Gasteiger partial charge is 0.243 e. The molecule has 2 aliphatic rings. The van der Waals surface area contributed by atoms with E-state index in [0.29, 0.717) is 13.1 Å². The Morgan fingerprint density at radius 2 is 1.83 bits per heavy atom. The second-order valence-corrected chi connectivity index (χ2v) is 10.3. The highest BCUT2D eigenvalue weighted by Crippen LogP contribution is 2.39. The number of hydrogen-bond acceptors (Lipinski definition) is 5. The molecule has 10 heteroatoms. The van der Waals surface area contributed by atoms with Crippen molar-refractivity contribution in [3.05, 3.63) is 24.0 Å². The summed E-state index contributed by atoms with van der Waals surface area (Å²) in [6, 6.07) is 2.92. The molecule has 1 saturated heterocycles. The van der Waals surface area contributed by atoms with Crippen LogP contribution in [-0.4, -0.2) is 46.5 Å². The Hall–Kier alpha value is -0.740. The Kier molecular flexibility index (Phi) is 5.33. The number of sulfonamides is 1. The number of nitrogens with two attached hydrogens (primary N) is 1. The maximum atomic E-state index is 14.0. The predicted octanol–water partition coefficient (Wildman–Crippen LogP) is 1.01. The molecular weight excluding hydrogens is 379 g/mol. The van der Waals surface area contributed by atoms with E-state index in [-0.39, 0.29) is 35.2 Å².